The minimum atomic E-state index is -1.27. The zero-order valence-corrected chi connectivity index (χ0v) is 22.0. The molecule has 0 unspecified atom stereocenters. The number of primary amides is 2. The number of unbranched alkanes of at least 4 members (excludes halogenated alkanes) is 1. The molecule has 0 aromatic rings. The van der Waals surface area contributed by atoms with E-state index in [2.05, 4.69) is 26.3 Å². The molecule has 0 bridgehead atoms. The Balaban J connectivity index is 5.67. The van der Waals surface area contributed by atoms with Gasteiger partial charge in [-0.25, -0.2) is 0 Å². The van der Waals surface area contributed by atoms with Crippen LogP contribution in [0.25, 0.3) is 0 Å². The minimum absolute atomic E-state index is 0.0777. The van der Waals surface area contributed by atoms with Gasteiger partial charge in [0, 0.05) is 19.9 Å². The number of guanidine groups is 1. The molecule has 0 heterocycles. The zero-order chi connectivity index (χ0) is 29.3. The van der Waals surface area contributed by atoms with Gasteiger partial charge in [0.05, 0.1) is 0 Å². The van der Waals surface area contributed by atoms with E-state index in [1.807, 2.05) is 0 Å². The lowest BCUT2D eigenvalue weighted by Gasteiger charge is -2.25. The average Bonchev–Trinajstić information content (AvgIpc) is 2.81. The van der Waals surface area contributed by atoms with Gasteiger partial charge in [0.15, 0.2) is 5.96 Å². The second kappa shape index (κ2) is 18.3. The lowest BCUT2D eigenvalue weighted by Crippen LogP contribution is -2.57. The van der Waals surface area contributed by atoms with Crippen molar-refractivity contribution >= 4 is 41.4 Å². The quantitative estimate of drug-likeness (QED) is 0.0434. The standard InChI is InChI=1S/C22H42N10O6/c1-12(29-13(2)33)19(36)31-15(7-5-11-28-22(26)27)20(37)32-16(8-9-17(24)34)21(38)30-14(18(25)35)6-3-4-10-23/h12,14-16H,3-11,23H2,1-2H3,(H2,24,34)(H2,25,35)(H,29,33)(H,30,38)(H,31,36)(H,32,37)(H4,26,27,28)/t12-,14-,15-,16-/m0/s1. The van der Waals surface area contributed by atoms with Gasteiger partial charge in [-0.1, -0.05) is 0 Å². The van der Waals surface area contributed by atoms with Crippen LogP contribution in [0.2, 0.25) is 0 Å². The number of carbonyl (C=O) groups excluding carboxylic acids is 6. The van der Waals surface area contributed by atoms with Crippen LogP contribution in [0.3, 0.4) is 0 Å². The van der Waals surface area contributed by atoms with E-state index in [1.54, 1.807) is 0 Å². The van der Waals surface area contributed by atoms with Gasteiger partial charge < -0.3 is 49.9 Å². The third-order valence-electron chi connectivity index (χ3n) is 5.31. The first-order valence-corrected chi connectivity index (χ1v) is 12.3. The molecule has 6 amide bonds. The van der Waals surface area contributed by atoms with Crippen LogP contribution in [-0.4, -0.2) is 78.7 Å². The van der Waals surface area contributed by atoms with Crippen molar-refractivity contribution < 1.29 is 28.8 Å². The molecule has 0 saturated carbocycles. The van der Waals surface area contributed by atoms with Gasteiger partial charge in [-0.2, -0.15) is 0 Å². The molecular formula is C22H42N10O6. The number of carbonyl (C=O) groups is 6. The molecule has 14 N–H and O–H groups in total. The monoisotopic (exact) mass is 542 g/mol. The fourth-order valence-corrected chi connectivity index (χ4v) is 3.32. The highest BCUT2D eigenvalue weighted by atomic mass is 16.2. The van der Waals surface area contributed by atoms with E-state index < -0.39 is 59.6 Å². The smallest absolute Gasteiger partial charge is 0.243 e. The van der Waals surface area contributed by atoms with Crippen LogP contribution in [0.4, 0.5) is 0 Å². The number of aliphatic imine (C=N–C) groups is 1. The highest BCUT2D eigenvalue weighted by Gasteiger charge is 2.30. The SMILES string of the molecule is CC(=O)N[C@@H](C)C(=O)N[C@@H](CCCN=C(N)N)C(=O)N[C@@H](CCC(N)=O)C(=O)N[C@@H](CCCCN)C(N)=O. The van der Waals surface area contributed by atoms with E-state index >= 15 is 0 Å². The van der Waals surface area contributed by atoms with Crippen molar-refractivity contribution in [3.63, 3.8) is 0 Å². The highest BCUT2D eigenvalue weighted by molar-refractivity contribution is 5.95. The predicted molar refractivity (Wildman–Crippen MR) is 140 cm³/mol. The molecule has 38 heavy (non-hydrogen) atoms. The third kappa shape index (κ3) is 15.2. The molecule has 16 nitrogen and oxygen atoms in total. The molecule has 0 spiro atoms. The van der Waals surface area contributed by atoms with Gasteiger partial charge in [0.25, 0.3) is 0 Å². The van der Waals surface area contributed by atoms with Crippen LogP contribution in [0, 0.1) is 0 Å². The van der Waals surface area contributed by atoms with Crippen molar-refractivity contribution in [3.8, 4) is 0 Å². The maximum absolute atomic E-state index is 13.1. The summed E-state index contributed by atoms with van der Waals surface area (Å²) < 4.78 is 0. The van der Waals surface area contributed by atoms with Crippen molar-refractivity contribution in [3.05, 3.63) is 0 Å². The van der Waals surface area contributed by atoms with Crippen LogP contribution in [0.1, 0.15) is 58.8 Å². The third-order valence-corrected chi connectivity index (χ3v) is 5.31. The summed E-state index contributed by atoms with van der Waals surface area (Å²) in [5, 5.41) is 9.92. The van der Waals surface area contributed by atoms with Gasteiger partial charge >= 0.3 is 0 Å². The first-order valence-electron chi connectivity index (χ1n) is 12.3. The Bertz CT molecular complexity index is 862. The van der Waals surface area contributed by atoms with Crippen LogP contribution in [-0.2, 0) is 28.8 Å². The fourth-order valence-electron chi connectivity index (χ4n) is 3.32. The summed E-state index contributed by atoms with van der Waals surface area (Å²) in [6.07, 6.45) is 1.33. The number of nitrogens with one attached hydrogen (secondary N) is 4. The van der Waals surface area contributed by atoms with Crippen LogP contribution >= 0.6 is 0 Å². The Morgan fingerprint density at radius 3 is 1.74 bits per heavy atom. The lowest BCUT2D eigenvalue weighted by molar-refractivity contribution is -0.134. The summed E-state index contributed by atoms with van der Waals surface area (Å²) in [6, 6.07) is -4.38. The molecule has 4 atom stereocenters. The summed E-state index contributed by atoms with van der Waals surface area (Å²) >= 11 is 0. The Kier molecular flexibility index (Phi) is 16.4. The number of hydrogen-bond acceptors (Lipinski definition) is 8. The molecule has 0 fully saturated rings. The van der Waals surface area contributed by atoms with Gasteiger partial charge in [-0.15, -0.1) is 0 Å². The van der Waals surface area contributed by atoms with E-state index in [0.717, 1.165) is 0 Å². The second-order valence-electron chi connectivity index (χ2n) is 8.75. The van der Waals surface area contributed by atoms with Gasteiger partial charge in [0.2, 0.25) is 35.4 Å². The molecule has 0 aliphatic heterocycles. The maximum Gasteiger partial charge on any atom is 0.243 e. The summed E-state index contributed by atoms with van der Waals surface area (Å²) in [5.74, 6) is -4.22. The molecular weight excluding hydrogens is 500 g/mol. The van der Waals surface area contributed by atoms with Crippen molar-refractivity contribution in [2.45, 2.75) is 83.0 Å². The Hall–Kier alpha value is -3.95. The van der Waals surface area contributed by atoms with Gasteiger partial charge in [0.1, 0.15) is 24.2 Å². The lowest BCUT2D eigenvalue weighted by atomic mass is 10.0. The van der Waals surface area contributed by atoms with Crippen molar-refractivity contribution in [2.75, 3.05) is 13.1 Å². The normalized spacial score (nSPS) is 13.7. The first-order chi connectivity index (χ1) is 17.8. The predicted octanol–water partition coefficient (Wildman–Crippen LogP) is -4.10. The molecule has 0 aromatic carbocycles. The number of hydrogen-bond donors (Lipinski definition) is 9. The maximum atomic E-state index is 13.1. The topological polar surface area (TPSA) is 293 Å². The van der Waals surface area contributed by atoms with E-state index in [9.17, 15) is 28.8 Å². The molecule has 0 radical (unpaired) electrons. The summed E-state index contributed by atoms with van der Waals surface area (Å²) in [5.41, 5.74) is 26.7. The molecule has 0 aliphatic rings. The van der Waals surface area contributed by atoms with Crippen LogP contribution in [0.5, 0.6) is 0 Å². The molecule has 0 aliphatic carbocycles. The highest BCUT2D eigenvalue weighted by Crippen LogP contribution is 2.06. The van der Waals surface area contributed by atoms with Crippen LogP contribution in [0.15, 0.2) is 4.99 Å². The average molecular weight is 543 g/mol. The minimum Gasteiger partial charge on any atom is -0.370 e. The zero-order valence-electron chi connectivity index (χ0n) is 22.0. The summed E-state index contributed by atoms with van der Waals surface area (Å²) in [4.78, 5) is 76.9. The number of nitrogens with two attached hydrogens (primary N) is 5. The first kappa shape index (κ1) is 34.0. The van der Waals surface area contributed by atoms with E-state index in [0.29, 0.717) is 19.4 Å². The Morgan fingerprint density at radius 2 is 1.24 bits per heavy atom. The molecule has 16 heteroatoms. The second-order valence-corrected chi connectivity index (χ2v) is 8.75. The molecule has 0 rings (SSSR count). The van der Waals surface area contributed by atoms with Crippen LogP contribution < -0.4 is 49.9 Å². The molecule has 0 saturated heterocycles. The Morgan fingerprint density at radius 1 is 0.711 bits per heavy atom. The molecule has 216 valence electrons. The van der Waals surface area contributed by atoms with Crippen molar-refractivity contribution in [2.24, 2.45) is 33.7 Å². The fraction of sp³-hybridized carbons (Fsp3) is 0.682. The van der Waals surface area contributed by atoms with E-state index in [-0.39, 0.29) is 44.6 Å². The summed E-state index contributed by atoms with van der Waals surface area (Å²) in [7, 11) is 0. The van der Waals surface area contributed by atoms with E-state index in [4.69, 9.17) is 28.7 Å². The van der Waals surface area contributed by atoms with Crippen molar-refractivity contribution in [1.29, 1.82) is 0 Å². The largest absolute Gasteiger partial charge is 0.370 e. The number of nitrogens with zero attached hydrogens (tertiary/aromatic N) is 1. The Labute approximate surface area is 221 Å². The van der Waals surface area contributed by atoms with Gasteiger partial charge in [-0.3, -0.25) is 33.8 Å². The summed E-state index contributed by atoms with van der Waals surface area (Å²) in [6.45, 7) is 3.23. The van der Waals surface area contributed by atoms with E-state index in [1.165, 1.54) is 13.8 Å². The number of rotatable bonds is 19. The van der Waals surface area contributed by atoms with Crippen molar-refractivity contribution in [1.82, 2.24) is 21.3 Å². The van der Waals surface area contributed by atoms with Gasteiger partial charge in [-0.05, 0) is 52.0 Å². The number of amides is 6. The molecule has 0 aromatic heterocycles.